The summed E-state index contributed by atoms with van der Waals surface area (Å²) in [6.45, 7) is 0. The Balaban J connectivity index is 1.43. The zero-order chi connectivity index (χ0) is 24.5. The van der Waals surface area contributed by atoms with Crippen LogP contribution in [0.25, 0.3) is 0 Å². The van der Waals surface area contributed by atoms with Crippen LogP contribution < -0.4 is 19.6 Å². The molecule has 0 spiro atoms. The number of benzene rings is 4. The van der Waals surface area contributed by atoms with Gasteiger partial charge in [-0.3, -0.25) is 4.79 Å². The van der Waals surface area contributed by atoms with E-state index in [9.17, 15) is 4.79 Å². The molecule has 35 heavy (non-hydrogen) atoms. The van der Waals surface area contributed by atoms with Gasteiger partial charge in [0.15, 0.2) is 0 Å². The van der Waals surface area contributed by atoms with E-state index in [1.54, 1.807) is 54.6 Å². The number of halogens is 2. The molecule has 0 aliphatic carbocycles. The number of hydrazone groups is 1. The quantitative estimate of drug-likeness (QED) is 0.155. The molecular weight excluding hydrogens is 487 g/mol. The summed E-state index contributed by atoms with van der Waals surface area (Å²) in [6.07, 6.45) is 0.180. The molecule has 0 unspecified atom stereocenters. The maximum absolute atomic E-state index is 12.8. The lowest BCUT2D eigenvalue weighted by Gasteiger charge is -2.19. The first-order valence-electron chi connectivity index (χ1n) is 10.6. The van der Waals surface area contributed by atoms with Gasteiger partial charge in [0.25, 0.3) is 0 Å². The summed E-state index contributed by atoms with van der Waals surface area (Å²) in [5, 5.41) is 5.12. The highest BCUT2D eigenvalue weighted by atomic mass is 35.5. The second-order valence-electron chi connectivity index (χ2n) is 7.20. The largest absolute Gasteiger partial charge is 0.457 e. The van der Waals surface area contributed by atoms with Gasteiger partial charge in [-0.2, -0.15) is 5.10 Å². The van der Waals surface area contributed by atoms with Gasteiger partial charge in [0.2, 0.25) is 0 Å². The summed E-state index contributed by atoms with van der Waals surface area (Å²) in [6, 6.07) is 29.9. The Bertz CT molecular complexity index is 1230. The first kappa shape index (κ1) is 24.1. The van der Waals surface area contributed by atoms with Crippen LogP contribution in [0.3, 0.4) is 0 Å². The van der Waals surface area contributed by atoms with Crippen LogP contribution in [-0.4, -0.2) is 18.4 Å². The summed E-state index contributed by atoms with van der Waals surface area (Å²) < 4.78 is 17.3. The number of carbonyl (C=O) groups is 1. The van der Waals surface area contributed by atoms with Gasteiger partial charge < -0.3 is 14.2 Å². The Kier molecular flexibility index (Phi) is 8.22. The number of ether oxygens (including phenoxy) is 3. The molecule has 0 aliphatic rings. The number of amides is 1. The fourth-order valence-corrected chi connectivity index (χ4v) is 3.16. The fraction of sp³-hybridized carbons (Fsp3) is 0.0370. The normalized spacial score (nSPS) is 10.8. The number of nitrogens with one attached hydrogen (secondary N) is 1. The maximum Gasteiger partial charge on any atom is 0.323 e. The number of hydrogen-bond donors (Lipinski definition) is 1. The van der Waals surface area contributed by atoms with Crippen molar-refractivity contribution in [1.82, 2.24) is 5.43 Å². The molecule has 0 aromatic heterocycles. The molecule has 4 rings (SSSR count). The highest BCUT2D eigenvalue weighted by Gasteiger charge is 2.22. The van der Waals surface area contributed by atoms with E-state index >= 15 is 0 Å². The van der Waals surface area contributed by atoms with Crippen molar-refractivity contribution in [3.05, 3.63) is 119 Å². The number of rotatable bonds is 9. The Morgan fingerprint density at radius 2 is 1.29 bits per heavy atom. The van der Waals surface area contributed by atoms with Crippen LogP contribution in [0.4, 0.5) is 0 Å². The third-order valence-corrected chi connectivity index (χ3v) is 5.06. The molecule has 6 nitrogen and oxygen atoms in total. The molecule has 0 aliphatic heterocycles. The van der Waals surface area contributed by atoms with Crippen LogP contribution in [0.1, 0.15) is 5.56 Å². The van der Waals surface area contributed by atoms with Crippen molar-refractivity contribution in [2.45, 2.75) is 6.29 Å². The van der Waals surface area contributed by atoms with Crippen molar-refractivity contribution in [2.24, 2.45) is 5.10 Å². The number of para-hydroxylation sites is 1. The van der Waals surface area contributed by atoms with Crippen LogP contribution >= 0.6 is 23.2 Å². The molecule has 0 bridgehead atoms. The van der Waals surface area contributed by atoms with Crippen molar-refractivity contribution >= 4 is 35.3 Å². The molecule has 0 atom stereocenters. The van der Waals surface area contributed by atoms with Crippen LogP contribution in [0.5, 0.6) is 23.0 Å². The van der Waals surface area contributed by atoms with E-state index in [1.165, 1.54) is 6.21 Å². The molecule has 0 fully saturated rings. The van der Waals surface area contributed by atoms with E-state index in [-0.39, 0.29) is 0 Å². The van der Waals surface area contributed by atoms with Gasteiger partial charge in [-0.15, -0.1) is 0 Å². The summed E-state index contributed by atoms with van der Waals surface area (Å²) >= 11 is 11.9. The number of nitrogens with zero attached hydrogens (tertiary/aromatic N) is 1. The van der Waals surface area contributed by atoms with Crippen molar-refractivity contribution in [3.8, 4) is 23.0 Å². The van der Waals surface area contributed by atoms with E-state index in [2.05, 4.69) is 10.5 Å². The van der Waals surface area contributed by atoms with Crippen LogP contribution in [-0.2, 0) is 4.79 Å². The predicted molar refractivity (Wildman–Crippen MR) is 137 cm³/mol. The fourth-order valence-electron chi connectivity index (χ4n) is 2.91. The van der Waals surface area contributed by atoms with Gasteiger partial charge in [0.1, 0.15) is 23.0 Å². The van der Waals surface area contributed by atoms with Gasteiger partial charge in [-0.1, -0.05) is 53.5 Å². The lowest BCUT2D eigenvalue weighted by Crippen LogP contribution is -2.40. The highest BCUT2D eigenvalue weighted by Crippen LogP contribution is 2.22. The van der Waals surface area contributed by atoms with Crippen LogP contribution in [0, 0.1) is 0 Å². The van der Waals surface area contributed by atoms with E-state index in [0.29, 0.717) is 27.3 Å². The van der Waals surface area contributed by atoms with Crippen LogP contribution in [0.2, 0.25) is 10.0 Å². The molecule has 4 aromatic rings. The minimum absolute atomic E-state index is 0.401. The lowest BCUT2D eigenvalue weighted by atomic mass is 10.2. The highest BCUT2D eigenvalue weighted by molar-refractivity contribution is 6.30. The molecule has 4 aromatic carbocycles. The Hall–Kier alpha value is -4.00. The summed E-state index contributed by atoms with van der Waals surface area (Å²) in [7, 11) is 0. The Labute approximate surface area is 212 Å². The summed E-state index contributed by atoms with van der Waals surface area (Å²) in [5.41, 5.74) is 3.18. The molecule has 1 N–H and O–H groups in total. The molecule has 1 amide bonds. The monoisotopic (exact) mass is 506 g/mol. The van der Waals surface area contributed by atoms with Gasteiger partial charge in [0, 0.05) is 10.0 Å². The van der Waals surface area contributed by atoms with Crippen molar-refractivity contribution in [3.63, 3.8) is 0 Å². The summed E-state index contributed by atoms with van der Waals surface area (Å²) in [4.78, 5) is 12.8. The average molecular weight is 507 g/mol. The molecule has 0 saturated carbocycles. The SMILES string of the molecule is O=C(NN=Cc1cccc(Oc2ccccc2)c1)C(Oc1ccc(Cl)cc1)Oc1ccc(Cl)cc1. The molecular formula is C27H20Cl2N2O4. The van der Waals surface area contributed by atoms with E-state index < -0.39 is 12.2 Å². The lowest BCUT2D eigenvalue weighted by molar-refractivity contribution is -0.140. The first-order valence-corrected chi connectivity index (χ1v) is 11.3. The smallest absolute Gasteiger partial charge is 0.323 e. The molecule has 176 valence electrons. The zero-order valence-electron chi connectivity index (χ0n) is 18.3. The van der Waals surface area contributed by atoms with E-state index in [1.807, 2.05) is 48.5 Å². The molecule has 0 saturated heterocycles. The standard InChI is InChI=1S/C27H20Cl2N2O4/c28-20-9-13-23(14-10-20)34-27(35-24-15-11-21(29)12-16-24)26(32)31-30-18-19-5-4-8-25(17-19)33-22-6-2-1-3-7-22/h1-18,27H,(H,31,32). The topological polar surface area (TPSA) is 69.2 Å². The van der Waals surface area contributed by atoms with Gasteiger partial charge in [0.05, 0.1) is 6.21 Å². The predicted octanol–water partition coefficient (Wildman–Crippen LogP) is 6.72. The van der Waals surface area contributed by atoms with Crippen molar-refractivity contribution < 1.29 is 19.0 Å². The minimum atomic E-state index is -1.32. The minimum Gasteiger partial charge on any atom is -0.457 e. The van der Waals surface area contributed by atoms with Gasteiger partial charge in [-0.05, 0) is 78.4 Å². The summed E-state index contributed by atoms with van der Waals surface area (Å²) in [5.74, 6) is 1.55. The van der Waals surface area contributed by atoms with Gasteiger partial charge >= 0.3 is 12.2 Å². The van der Waals surface area contributed by atoms with Crippen molar-refractivity contribution in [1.29, 1.82) is 0 Å². The van der Waals surface area contributed by atoms with Crippen molar-refractivity contribution in [2.75, 3.05) is 0 Å². The van der Waals surface area contributed by atoms with Crippen LogP contribution in [0.15, 0.2) is 108 Å². The number of hydrogen-bond acceptors (Lipinski definition) is 5. The van der Waals surface area contributed by atoms with Gasteiger partial charge in [-0.25, -0.2) is 5.43 Å². The second kappa shape index (κ2) is 11.9. The Morgan fingerprint density at radius 1 is 0.714 bits per heavy atom. The second-order valence-corrected chi connectivity index (χ2v) is 8.07. The Morgan fingerprint density at radius 3 is 1.89 bits per heavy atom. The third-order valence-electron chi connectivity index (χ3n) is 4.55. The van der Waals surface area contributed by atoms with E-state index in [4.69, 9.17) is 37.4 Å². The number of carbonyl (C=O) groups excluding carboxylic acids is 1. The first-order chi connectivity index (χ1) is 17.0. The maximum atomic E-state index is 12.8. The third kappa shape index (κ3) is 7.50. The molecule has 0 heterocycles. The molecule has 8 heteroatoms. The van der Waals surface area contributed by atoms with E-state index in [0.717, 1.165) is 11.3 Å². The average Bonchev–Trinajstić information content (AvgIpc) is 2.87. The zero-order valence-corrected chi connectivity index (χ0v) is 19.8. The molecule has 0 radical (unpaired) electrons.